The van der Waals surface area contributed by atoms with Crippen LogP contribution < -0.4 is 0 Å². The van der Waals surface area contributed by atoms with Crippen LogP contribution >= 0.6 is 0 Å². The second kappa shape index (κ2) is 6.34. The minimum Gasteiger partial charge on any atom is -0.466 e. The molecule has 112 valence electrons. The molecule has 0 aliphatic rings. The predicted molar refractivity (Wildman–Crippen MR) is 76.9 cm³/mol. The van der Waals surface area contributed by atoms with Crippen molar-refractivity contribution < 1.29 is 18.6 Å². The summed E-state index contributed by atoms with van der Waals surface area (Å²) in [6, 6.07) is 3.86. The molecule has 0 aliphatic heterocycles. The maximum Gasteiger partial charge on any atom is 0.305 e. The monoisotopic (exact) mass is 294 g/mol. The summed E-state index contributed by atoms with van der Waals surface area (Å²) in [7, 11) is 0. The molecular weight excluding hydrogens is 274 g/mol. The van der Waals surface area contributed by atoms with E-state index in [0.29, 0.717) is 11.9 Å². The third kappa shape index (κ3) is 3.36. The average molecular weight is 294 g/mol. The number of nitro benzene ring substituents is 1. The Hall–Kier alpha value is -2.44. The van der Waals surface area contributed by atoms with E-state index in [2.05, 4.69) is 4.98 Å². The lowest BCUT2D eigenvalue weighted by Crippen LogP contribution is -2.05. The number of carbonyl (C=O) groups is 1. The highest BCUT2D eigenvalue weighted by Crippen LogP contribution is 2.21. The SMILES string of the molecule is [2H]C([2H])([2H])n1c(CCCC(=O)OCC)nc2cc([N+](=O)[O-])ccc21. The van der Waals surface area contributed by atoms with E-state index in [9.17, 15) is 14.9 Å². The first-order chi connectivity index (χ1) is 11.2. The highest BCUT2D eigenvalue weighted by molar-refractivity contribution is 5.78. The standard InChI is InChI=1S/C14H17N3O4/c1-3-21-14(18)6-4-5-13-15-11-9-10(17(19)20)7-8-12(11)16(13)2/h7-9H,3-6H2,1-2H3/i2D3. The van der Waals surface area contributed by atoms with E-state index in [1.807, 2.05) is 0 Å². The second-order valence-electron chi connectivity index (χ2n) is 4.45. The number of esters is 1. The van der Waals surface area contributed by atoms with Gasteiger partial charge in [0.05, 0.1) is 22.6 Å². The molecule has 0 saturated carbocycles. The Morgan fingerprint density at radius 2 is 2.38 bits per heavy atom. The van der Waals surface area contributed by atoms with Crippen LogP contribution in [0.2, 0.25) is 0 Å². The molecule has 0 aliphatic carbocycles. The van der Waals surface area contributed by atoms with Crippen LogP contribution in [0, 0.1) is 10.1 Å². The zero-order chi connectivity index (χ0) is 17.9. The van der Waals surface area contributed by atoms with Gasteiger partial charge in [-0.05, 0) is 19.4 Å². The van der Waals surface area contributed by atoms with Crippen molar-refractivity contribution in [2.45, 2.75) is 26.2 Å². The molecule has 0 atom stereocenters. The van der Waals surface area contributed by atoms with Crippen molar-refractivity contribution in [3.63, 3.8) is 0 Å². The van der Waals surface area contributed by atoms with Crippen molar-refractivity contribution in [3.8, 4) is 0 Å². The first kappa shape index (κ1) is 11.2. The Morgan fingerprint density at radius 3 is 3.05 bits per heavy atom. The molecule has 0 unspecified atom stereocenters. The van der Waals surface area contributed by atoms with Crippen molar-refractivity contribution in [2.24, 2.45) is 6.98 Å². The van der Waals surface area contributed by atoms with Crippen molar-refractivity contribution in [1.29, 1.82) is 0 Å². The number of aromatic nitrogens is 2. The molecule has 0 radical (unpaired) electrons. The van der Waals surface area contributed by atoms with Crippen LogP contribution in [-0.2, 0) is 22.9 Å². The van der Waals surface area contributed by atoms with E-state index < -0.39 is 11.9 Å². The van der Waals surface area contributed by atoms with Gasteiger partial charge in [0.2, 0.25) is 0 Å². The molecule has 0 bridgehead atoms. The van der Waals surface area contributed by atoms with Gasteiger partial charge in [-0.15, -0.1) is 0 Å². The number of aryl methyl sites for hydroxylation is 2. The van der Waals surface area contributed by atoms with E-state index >= 15 is 0 Å². The lowest BCUT2D eigenvalue weighted by molar-refractivity contribution is -0.384. The summed E-state index contributed by atoms with van der Waals surface area (Å²) in [5.74, 6) is -0.0977. The lowest BCUT2D eigenvalue weighted by atomic mass is 10.2. The Labute approximate surface area is 125 Å². The molecule has 21 heavy (non-hydrogen) atoms. The molecule has 0 spiro atoms. The van der Waals surface area contributed by atoms with Crippen molar-refractivity contribution >= 4 is 22.7 Å². The Kier molecular flexibility index (Phi) is 3.39. The molecule has 0 N–H and O–H groups in total. The highest BCUT2D eigenvalue weighted by Gasteiger charge is 2.13. The van der Waals surface area contributed by atoms with Crippen LogP contribution in [0.3, 0.4) is 0 Å². The Balaban J connectivity index is 2.33. The van der Waals surface area contributed by atoms with Crippen LogP contribution in [0.4, 0.5) is 5.69 Å². The summed E-state index contributed by atoms with van der Waals surface area (Å²) < 4.78 is 28.9. The van der Waals surface area contributed by atoms with Gasteiger partial charge in [-0.3, -0.25) is 14.9 Å². The molecular formula is C14H17N3O4. The Bertz CT molecular complexity index is 770. The fourth-order valence-electron chi connectivity index (χ4n) is 2.02. The average Bonchev–Trinajstić information content (AvgIpc) is 2.84. The summed E-state index contributed by atoms with van der Waals surface area (Å²) in [5.41, 5.74) is 0.383. The summed E-state index contributed by atoms with van der Waals surface area (Å²) in [4.78, 5) is 25.9. The van der Waals surface area contributed by atoms with E-state index in [-0.39, 0.29) is 42.4 Å². The minimum absolute atomic E-state index is 0.151. The van der Waals surface area contributed by atoms with E-state index in [1.165, 1.54) is 18.2 Å². The first-order valence-electron chi connectivity index (χ1n) is 8.06. The largest absolute Gasteiger partial charge is 0.466 e. The fraction of sp³-hybridized carbons (Fsp3) is 0.429. The van der Waals surface area contributed by atoms with Gasteiger partial charge in [0, 0.05) is 36.1 Å². The molecule has 2 aromatic rings. The molecule has 1 aromatic carbocycles. The van der Waals surface area contributed by atoms with Crippen LogP contribution in [0.5, 0.6) is 0 Å². The molecule has 7 heteroatoms. The zero-order valence-corrected chi connectivity index (χ0v) is 11.5. The third-order valence-corrected chi connectivity index (χ3v) is 3.00. The topological polar surface area (TPSA) is 87.3 Å². The number of nitro groups is 1. The van der Waals surface area contributed by atoms with Gasteiger partial charge >= 0.3 is 5.97 Å². The summed E-state index contributed by atoms with van der Waals surface area (Å²) in [6.07, 6.45) is 0.776. The van der Waals surface area contributed by atoms with E-state index in [0.717, 1.165) is 4.57 Å². The van der Waals surface area contributed by atoms with Gasteiger partial charge in [0.15, 0.2) is 0 Å². The summed E-state index contributed by atoms with van der Waals surface area (Å²) in [6.45, 7) is -0.473. The van der Waals surface area contributed by atoms with Crippen molar-refractivity contribution in [2.75, 3.05) is 6.61 Å². The third-order valence-electron chi connectivity index (χ3n) is 3.00. The molecule has 1 heterocycles. The summed E-state index contributed by atoms with van der Waals surface area (Å²) >= 11 is 0. The van der Waals surface area contributed by atoms with Crippen LogP contribution in [0.25, 0.3) is 11.0 Å². The number of fused-ring (bicyclic) bond motifs is 1. The number of benzene rings is 1. The fourth-order valence-corrected chi connectivity index (χ4v) is 2.02. The normalized spacial score (nSPS) is 13.5. The highest BCUT2D eigenvalue weighted by atomic mass is 16.6. The lowest BCUT2D eigenvalue weighted by Gasteiger charge is -2.03. The Morgan fingerprint density at radius 1 is 1.57 bits per heavy atom. The second-order valence-corrected chi connectivity index (χ2v) is 4.45. The number of hydrogen-bond acceptors (Lipinski definition) is 5. The van der Waals surface area contributed by atoms with E-state index in [4.69, 9.17) is 8.85 Å². The van der Waals surface area contributed by atoms with Crippen molar-refractivity contribution in [1.82, 2.24) is 9.55 Å². The maximum atomic E-state index is 11.4. The van der Waals surface area contributed by atoms with Crippen LogP contribution in [0.15, 0.2) is 18.2 Å². The number of hydrogen-bond donors (Lipinski definition) is 0. The molecule has 0 fully saturated rings. The van der Waals surface area contributed by atoms with Crippen LogP contribution in [-0.4, -0.2) is 27.1 Å². The van der Waals surface area contributed by atoms with Gasteiger partial charge in [-0.25, -0.2) is 4.98 Å². The van der Waals surface area contributed by atoms with Gasteiger partial charge in [0.25, 0.3) is 5.69 Å². The summed E-state index contributed by atoms with van der Waals surface area (Å²) in [5, 5.41) is 10.9. The van der Waals surface area contributed by atoms with Gasteiger partial charge in [0.1, 0.15) is 5.82 Å². The number of carbonyl (C=O) groups excluding carboxylic acids is 1. The van der Waals surface area contributed by atoms with Crippen molar-refractivity contribution in [3.05, 3.63) is 34.1 Å². The predicted octanol–water partition coefficient (Wildman–Crippen LogP) is 2.37. The maximum absolute atomic E-state index is 11.4. The number of nitrogens with zero attached hydrogens (tertiary/aromatic N) is 3. The van der Waals surface area contributed by atoms with Gasteiger partial charge < -0.3 is 9.30 Å². The molecule has 0 amide bonds. The first-order valence-corrected chi connectivity index (χ1v) is 6.56. The minimum atomic E-state index is -2.47. The molecule has 7 nitrogen and oxygen atoms in total. The van der Waals surface area contributed by atoms with Gasteiger partial charge in [-0.2, -0.15) is 0 Å². The number of ether oxygens (including phenoxy) is 1. The molecule has 0 saturated heterocycles. The van der Waals surface area contributed by atoms with Crippen LogP contribution in [0.1, 0.15) is 29.7 Å². The number of rotatable bonds is 6. The quantitative estimate of drug-likeness (QED) is 0.463. The molecule has 2 rings (SSSR count). The number of imidazole rings is 1. The smallest absolute Gasteiger partial charge is 0.305 e. The number of non-ortho nitro benzene ring substituents is 1. The van der Waals surface area contributed by atoms with E-state index in [1.54, 1.807) is 6.92 Å². The zero-order valence-electron chi connectivity index (χ0n) is 14.5. The van der Waals surface area contributed by atoms with Gasteiger partial charge in [-0.1, -0.05) is 0 Å². The molecule has 1 aromatic heterocycles.